The second kappa shape index (κ2) is 8.16. The fraction of sp³-hybridized carbons (Fsp3) is 0.500. The summed E-state index contributed by atoms with van der Waals surface area (Å²) in [6.45, 7) is 3.34. The van der Waals surface area contributed by atoms with E-state index in [0.29, 0.717) is 41.8 Å². The minimum atomic E-state index is -0.221. The lowest BCUT2D eigenvalue weighted by Gasteiger charge is -2.26. The average Bonchev–Trinajstić information content (AvgIpc) is 3.08. The third-order valence-electron chi connectivity index (χ3n) is 5.30. The molecule has 2 aromatic rings. The summed E-state index contributed by atoms with van der Waals surface area (Å²) in [5.74, 6) is 2.35. The lowest BCUT2D eigenvalue weighted by Crippen LogP contribution is -2.21. The van der Waals surface area contributed by atoms with E-state index in [-0.39, 0.29) is 16.9 Å². The molecule has 156 valence electrons. The maximum absolute atomic E-state index is 13.0. The van der Waals surface area contributed by atoms with Crippen LogP contribution in [0.1, 0.15) is 42.2 Å². The van der Waals surface area contributed by atoms with E-state index in [1.54, 1.807) is 33.1 Å². The number of aromatic amines is 1. The van der Waals surface area contributed by atoms with Crippen molar-refractivity contribution in [1.82, 2.24) is 9.78 Å². The van der Waals surface area contributed by atoms with Gasteiger partial charge in [0.1, 0.15) is 0 Å². The molecule has 0 amide bonds. The molecule has 29 heavy (non-hydrogen) atoms. The van der Waals surface area contributed by atoms with Crippen LogP contribution >= 0.6 is 11.8 Å². The predicted molar refractivity (Wildman–Crippen MR) is 112 cm³/mol. The van der Waals surface area contributed by atoms with Gasteiger partial charge >= 0.3 is 0 Å². The number of ether oxygens (including phenoxy) is 4. The zero-order valence-corrected chi connectivity index (χ0v) is 17.8. The van der Waals surface area contributed by atoms with E-state index in [4.69, 9.17) is 23.9 Å². The van der Waals surface area contributed by atoms with Crippen molar-refractivity contribution < 1.29 is 18.9 Å². The predicted octanol–water partition coefficient (Wildman–Crippen LogP) is 3.44. The Morgan fingerprint density at radius 2 is 1.79 bits per heavy atom. The number of H-pyrrole nitrogens is 1. The Kier molecular flexibility index (Phi) is 5.60. The second-order valence-corrected chi connectivity index (χ2v) is 8.28. The van der Waals surface area contributed by atoms with Gasteiger partial charge in [-0.2, -0.15) is 0 Å². The molecular formula is C20H25N3O5S. The zero-order valence-electron chi connectivity index (χ0n) is 17.0. The van der Waals surface area contributed by atoms with Crippen LogP contribution in [0.3, 0.4) is 0 Å². The zero-order chi connectivity index (χ0) is 20.5. The first-order valence-corrected chi connectivity index (χ1v) is 10.4. The smallest absolute Gasteiger partial charge is 0.271 e. The summed E-state index contributed by atoms with van der Waals surface area (Å²) in [4.78, 5) is 17.7. The van der Waals surface area contributed by atoms with Gasteiger partial charge in [-0.25, -0.2) is 4.99 Å². The highest BCUT2D eigenvalue weighted by Crippen LogP contribution is 2.48. The highest BCUT2D eigenvalue weighted by atomic mass is 32.2. The quantitative estimate of drug-likeness (QED) is 0.799. The number of rotatable bonds is 5. The lowest BCUT2D eigenvalue weighted by molar-refractivity contribution is 0.0666. The van der Waals surface area contributed by atoms with Gasteiger partial charge in [0.2, 0.25) is 5.75 Å². The average molecular weight is 420 g/mol. The first-order valence-electron chi connectivity index (χ1n) is 9.51. The molecule has 0 aliphatic carbocycles. The van der Waals surface area contributed by atoms with Gasteiger partial charge in [0.05, 0.1) is 43.2 Å². The van der Waals surface area contributed by atoms with Crippen LogP contribution in [0.5, 0.6) is 17.2 Å². The Labute approximate surface area is 173 Å². The second-order valence-electron chi connectivity index (χ2n) is 6.98. The van der Waals surface area contributed by atoms with Crippen molar-refractivity contribution in [3.63, 3.8) is 0 Å². The van der Waals surface area contributed by atoms with E-state index in [1.165, 1.54) is 0 Å². The first-order chi connectivity index (χ1) is 14.1. The van der Waals surface area contributed by atoms with Gasteiger partial charge in [0.25, 0.3) is 5.56 Å². The van der Waals surface area contributed by atoms with Crippen LogP contribution in [-0.4, -0.2) is 49.4 Å². The Hall–Kier alpha value is -2.39. The minimum Gasteiger partial charge on any atom is -0.493 e. The number of fused-ring (bicyclic) bond motifs is 1. The highest BCUT2D eigenvalue weighted by Gasteiger charge is 2.33. The Morgan fingerprint density at radius 1 is 1.14 bits per heavy atom. The van der Waals surface area contributed by atoms with E-state index in [1.807, 2.05) is 23.7 Å². The molecule has 1 aromatic heterocycles. The molecule has 0 spiro atoms. The monoisotopic (exact) mass is 419 g/mol. The van der Waals surface area contributed by atoms with Gasteiger partial charge in [-0.1, -0.05) is 11.8 Å². The van der Waals surface area contributed by atoms with Crippen molar-refractivity contribution in [3.8, 4) is 17.2 Å². The maximum atomic E-state index is 13.0. The summed E-state index contributed by atoms with van der Waals surface area (Å²) < 4.78 is 23.8. The van der Waals surface area contributed by atoms with Gasteiger partial charge in [-0.15, -0.1) is 0 Å². The summed E-state index contributed by atoms with van der Waals surface area (Å²) in [6, 6.07) is 3.97. The molecule has 9 heteroatoms. The van der Waals surface area contributed by atoms with Crippen molar-refractivity contribution in [2.24, 2.45) is 4.99 Å². The van der Waals surface area contributed by atoms with Gasteiger partial charge in [0.15, 0.2) is 17.3 Å². The molecule has 0 unspecified atom stereocenters. The van der Waals surface area contributed by atoms with Crippen molar-refractivity contribution in [1.29, 1.82) is 0 Å². The molecule has 3 heterocycles. The molecule has 2 aliphatic heterocycles. The molecule has 1 saturated heterocycles. The molecule has 4 rings (SSSR count). The van der Waals surface area contributed by atoms with Crippen LogP contribution in [0.4, 0.5) is 5.82 Å². The number of methoxy groups -OCH3 is 3. The SMILES string of the molecule is COc1cc([C@H]2SC(C)=Nc3c2c(=O)[nH]n3C2CCOCC2)cc(OC)c1OC. The van der Waals surface area contributed by atoms with Crippen molar-refractivity contribution in [2.45, 2.75) is 31.1 Å². The molecule has 8 nitrogen and oxygen atoms in total. The molecule has 0 radical (unpaired) electrons. The molecule has 1 atom stereocenters. The number of aromatic nitrogens is 2. The number of nitrogens with one attached hydrogen (secondary N) is 1. The number of aliphatic imine (C=N–C) groups is 1. The van der Waals surface area contributed by atoms with Crippen molar-refractivity contribution in [3.05, 3.63) is 33.6 Å². The molecular weight excluding hydrogens is 394 g/mol. The van der Waals surface area contributed by atoms with Crippen LogP contribution in [-0.2, 0) is 4.74 Å². The molecule has 0 bridgehead atoms. The summed E-state index contributed by atoms with van der Waals surface area (Å²) >= 11 is 1.55. The minimum absolute atomic E-state index is 0.117. The van der Waals surface area contributed by atoms with Crippen molar-refractivity contribution in [2.75, 3.05) is 34.5 Å². The van der Waals surface area contributed by atoms with Gasteiger partial charge in [-0.05, 0) is 37.5 Å². The standard InChI is InChI=1S/C20H25N3O5S/c1-11-21-19-16(20(24)22-23(19)13-5-7-28-8-6-13)18(29-11)12-9-14(25-2)17(27-4)15(10-12)26-3/h9-10,13,18H,5-8H2,1-4H3,(H,22,24)/t18-/m1/s1. The van der Waals surface area contributed by atoms with Gasteiger partial charge in [0, 0.05) is 13.2 Å². The van der Waals surface area contributed by atoms with Crippen LogP contribution in [0.25, 0.3) is 0 Å². The van der Waals surface area contributed by atoms with E-state index in [0.717, 1.165) is 23.4 Å². The van der Waals surface area contributed by atoms with Gasteiger partial charge < -0.3 is 18.9 Å². The van der Waals surface area contributed by atoms with E-state index < -0.39 is 0 Å². The number of hydrogen-bond acceptors (Lipinski definition) is 7. The lowest BCUT2D eigenvalue weighted by atomic mass is 10.0. The number of nitrogens with zero attached hydrogens (tertiary/aromatic N) is 2. The Bertz CT molecular complexity index is 965. The van der Waals surface area contributed by atoms with Gasteiger partial charge in [-0.3, -0.25) is 14.6 Å². The third kappa shape index (κ3) is 3.53. The molecule has 1 aromatic carbocycles. The normalized spacial score (nSPS) is 19.4. The van der Waals surface area contributed by atoms with Crippen LogP contribution in [0.15, 0.2) is 21.9 Å². The van der Waals surface area contributed by atoms with E-state index >= 15 is 0 Å². The third-order valence-corrected chi connectivity index (χ3v) is 6.47. The topological polar surface area (TPSA) is 87.1 Å². The summed E-state index contributed by atoms with van der Waals surface area (Å²) in [5.41, 5.74) is 1.44. The largest absolute Gasteiger partial charge is 0.493 e. The fourth-order valence-corrected chi connectivity index (χ4v) is 4.99. The number of benzene rings is 1. The van der Waals surface area contributed by atoms with Crippen molar-refractivity contribution >= 4 is 22.6 Å². The Morgan fingerprint density at radius 3 is 2.38 bits per heavy atom. The highest BCUT2D eigenvalue weighted by molar-refractivity contribution is 8.14. The van der Waals surface area contributed by atoms with E-state index in [2.05, 4.69) is 5.10 Å². The summed E-state index contributed by atoms with van der Waals surface area (Å²) in [7, 11) is 4.74. The van der Waals surface area contributed by atoms with Crippen LogP contribution in [0.2, 0.25) is 0 Å². The first kappa shape index (κ1) is 19.9. The molecule has 1 N–H and O–H groups in total. The summed E-state index contributed by atoms with van der Waals surface area (Å²) in [5, 5.41) is 3.70. The van der Waals surface area contributed by atoms with E-state index in [9.17, 15) is 4.79 Å². The number of thioether (sulfide) groups is 1. The Balaban J connectivity index is 1.83. The summed E-state index contributed by atoms with van der Waals surface area (Å²) in [6.07, 6.45) is 1.71. The molecule has 1 fully saturated rings. The van der Waals surface area contributed by atoms with Crippen LogP contribution < -0.4 is 19.8 Å². The van der Waals surface area contributed by atoms with Crippen LogP contribution in [0, 0.1) is 0 Å². The molecule has 0 saturated carbocycles. The molecule has 2 aliphatic rings. The maximum Gasteiger partial charge on any atom is 0.271 e. The fourth-order valence-electron chi connectivity index (χ4n) is 3.90. The number of hydrogen-bond donors (Lipinski definition) is 1.